The molecule has 5 heteroatoms. The van der Waals surface area contributed by atoms with E-state index in [1.807, 2.05) is 17.0 Å². The second-order valence-corrected chi connectivity index (χ2v) is 11.2. The van der Waals surface area contributed by atoms with Gasteiger partial charge in [0.05, 0.1) is 0 Å². The lowest BCUT2D eigenvalue weighted by Crippen LogP contribution is -2.49. The van der Waals surface area contributed by atoms with Gasteiger partial charge in [-0.15, -0.1) is 0 Å². The fourth-order valence-corrected chi connectivity index (χ4v) is 5.37. The van der Waals surface area contributed by atoms with Crippen molar-refractivity contribution in [3.8, 4) is 0 Å². The lowest BCUT2D eigenvalue weighted by Gasteiger charge is -2.37. The standard InChI is InChI=1S/C27H43N3O2/c1-21(20-27(2,3)4)19-26(32)30-17-15-29(16-18-30)24-12-10-23(11-13-24)28-25(31)14-9-22-7-5-6-8-22/h10-13,21-22H,5-9,14-20H2,1-4H3,(H,28,31). The zero-order valence-electron chi connectivity index (χ0n) is 20.7. The van der Waals surface area contributed by atoms with Crippen molar-refractivity contribution in [2.24, 2.45) is 17.3 Å². The molecule has 0 radical (unpaired) electrons. The number of carbonyl (C=O) groups is 2. The zero-order valence-corrected chi connectivity index (χ0v) is 20.7. The first-order valence-corrected chi connectivity index (χ1v) is 12.6. The van der Waals surface area contributed by atoms with Crippen LogP contribution in [0, 0.1) is 17.3 Å². The molecular formula is C27H43N3O2. The Hall–Kier alpha value is -2.04. The smallest absolute Gasteiger partial charge is 0.224 e. The number of hydrogen-bond donors (Lipinski definition) is 1. The number of amides is 2. The quantitative estimate of drug-likeness (QED) is 0.562. The van der Waals surface area contributed by atoms with Crippen molar-refractivity contribution in [1.29, 1.82) is 0 Å². The second kappa shape index (κ2) is 11.2. The second-order valence-electron chi connectivity index (χ2n) is 11.2. The maximum Gasteiger partial charge on any atom is 0.224 e. The average molecular weight is 442 g/mol. The number of piperazine rings is 1. The highest BCUT2D eigenvalue weighted by molar-refractivity contribution is 5.90. The van der Waals surface area contributed by atoms with Crippen molar-refractivity contribution in [1.82, 2.24) is 4.90 Å². The van der Waals surface area contributed by atoms with E-state index in [2.05, 4.69) is 50.0 Å². The molecule has 1 aliphatic heterocycles. The predicted octanol–water partition coefficient (Wildman–Crippen LogP) is 5.71. The fourth-order valence-electron chi connectivity index (χ4n) is 5.37. The summed E-state index contributed by atoms with van der Waals surface area (Å²) in [6, 6.07) is 8.15. The average Bonchev–Trinajstić information content (AvgIpc) is 3.25. The molecule has 2 aliphatic rings. The summed E-state index contributed by atoms with van der Waals surface area (Å²) in [5.74, 6) is 1.58. The van der Waals surface area contributed by atoms with Gasteiger partial charge in [-0.2, -0.15) is 0 Å². The highest BCUT2D eigenvalue weighted by Crippen LogP contribution is 2.29. The topological polar surface area (TPSA) is 52.7 Å². The molecule has 0 spiro atoms. The van der Waals surface area contributed by atoms with Crippen molar-refractivity contribution >= 4 is 23.2 Å². The van der Waals surface area contributed by atoms with Crippen molar-refractivity contribution in [2.45, 2.75) is 79.1 Å². The minimum Gasteiger partial charge on any atom is -0.368 e. The monoisotopic (exact) mass is 441 g/mol. The lowest BCUT2D eigenvalue weighted by atomic mass is 9.84. The fraction of sp³-hybridized carbons (Fsp3) is 0.704. The Morgan fingerprint density at radius 3 is 2.25 bits per heavy atom. The molecular weight excluding hydrogens is 398 g/mol. The van der Waals surface area contributed by atoms with Crippen LogP contribution in [0.1, 0.15) is 79.1 Å². The van der Waals surface area contributed by atoms with E-state index in [1.54, 1.807) is 0 Å². The minimum absolute atomic E-state index is 0.123. The van der Waals surface area contributed by atoms with Crippen LogP contribution in [0.3, 0.4) is 0 Å². The largest absolute Gasteiger partial charge is 0.368 e. The van der Waals surface area contributed by atoms with Crippen LogP contribution in [-0.4, -0.2) is 42.9 Å². The molecule has 1 unspecified atom stereocenters. The van der Waals surface area contributed by atoms with E-state index in [1.165, 1.54) is 25.7 Å². The molecule has 1 N–H and O–H groups in total. The predicted molar refractivity (Wildman–Crippen MR) is 133 cm³/mol. The van der Waals surface area contributed by atoms with Gasteiger partial charge < -0.3 is 15.1 Å². The van der Waals surface area contributed by atoms with Crippen LogP contribution in [0.2, 0.25) is 0 Å². The van der Waals surface area contributed by atoms with E-state index in [4.69, 9.17) is 0 Å². The van der Waals surface area contributed by atoms with Gasteiger partial charge in [-0.1, -0.05) is 53.4 Å². The van der Waals surface area contributed by atoms with Crippen LogP contribution in [0.15, 0.2) is 24.3 Å². The number of anilines is 2. The van der Waals surface area contributed by atoms with Crippen LogP contribution >= 0.6 is 0 Å². The van der Waals surface area contributed by atoms with Gasteiger partial charge in [0.15, 0.2) is 0 Å². The highest BCUT2D eigenvalue weighted by Gasteiger charge is 2.24. The van der Waals surface area contributed by atoms with Crippen LogP contribution in [0.5, 0.6) is 0 Å². The van der Waals surface area contributed by atoms with E-state index in [0.717, 1.165) is 56.3 Å². The Labute approximate surface area is 194 Å². The molecule has 5 nitrogen and oxygen atoms in total. The molecule has 178 valence electrons. The van der Waals surface area contributed by atoms with Gasteiger partial charge >= 0.3 is 0 Å². The maximum atomic E-state index is 12.7. The summed E-state index contributed by atoms with van der Waals surface area (Å²) in [4.78, 5) is 29.3. The maximum absolute atomic E-state index is 12.7. The molecule has 1 saturated carbocycles. The van der Waals surface area contributed by atoms with Crippen molar-refractivity contribution in [2.75, 3.05) is 36.4 Å². The summed E-state index contributed by atoms with van der Waals surface area (Å²) < 4.78 is 0. The Morgan fingerprint density at radius 2 is 1.66 bits per heavy atom. The molecule has 0 aromatic heterocycles. The Balaban J connectivity index is 1.40. The molecule has 2 fully saturated rings. The summed E-state index contributed by atoms with van der Waals surface area (Å²) in [5, 5.41) is 3.04. The van der Waals surface area contributed by atoms with Gasteiger partial charge in [-0.05, 0) is 54.4 Å². The molecule has 1 heterocycles. The van der Waals surface area contributed by atoms with E-state index >= 15 is 0 Å². The highest BCUT2D eigenvalue weighted by atomic mass is 16.2. The minimum atomic E-state index is 0.123. The Bertz CT molecular complexity index is 739. The van der Waals surface area contributed by atoms with E-state index in [0.29, 0.717) is 18.8 Å². The summed E-state index contributed by atoms with van der Waals surface area (Å²) >= 11 is 0. The zero-order chi connectivity index (χ0) is 23.1. The van der Waals surface area contributed by atoms with Crippen LogP contribution in [0.25, 0.3) is 0 Å². The van der Waals surface area contributed by atoms with Gasteiger partial charge in [0, 0.05) is 50.4 Å². The third-order valence-electron chi connectivity index (χ3n) is 6.89. The first-order valence-electron chi connectivity index (χ1n) is 12.6. The number of carbonyl (C=O) groups excluding carboxylic acids is 2. The van der Waals surface area contributed by atoms with E-state index < -0.39 is 0 Å². The number of nitrogens with one attached hydrogen (secondary N) is 1. The summed E-state index contributed by atoms with van der Waals surface area (Å²) in [5.41, 5.74) is 2.29. The normalized spacial score (nSPS) is 18.6. The summed E-state index contributed by atoms with van der Waals surface area (Å²) in [6.45, 7) is 12.2. The summed E-state index contributed by atoms with van der Waals surface area (Å²) in [7, 11) is 0. The SMILES string of the molecule is CC(CC(=O)N1CCN(c2ccc(NC(=O)CCC3CCCC3)cc2)CC1)CC(C)(C)C. The molecule has 1 aromatic carbocycles. The van der Waals surface area contributed by atoms with Crippen molar-refractivity contribution in [3.05, 3.63) is 24.3 Å². The molecule has 0 bridgehead atoms. The van der Waals surface area contributed by atoms with Gasteiger partial charge in [-0.3, -0.25) is 9.59 Å². The molecule has 1 atom stereocenters. The lowest BCUT2D eigenvalue weighted by molar-refractivity contribution is -0.132. The van der Waals surface area contributed by atoms with Crippen LogP contribution in [-0.2, 0) is 9.59 Å². The van der Waals surface area contributed by atoms with Crippen LogP contribution in [0.4, 0.5) is 11.4 Å². The molecule has 2 amide bonds. The molecule has 3 rings (SSSR count). The Morgan fingerprint density at radius 1 is 1.03 bits per heavy atom. The number of rotatable bonds is 8. The molecule has 1 saturated heterocycles. The van der Waals surface area contributed by atoms with Gasteiger partial charge in [0.2, 0.25) is 11.8 Å². The van der Waals surface area contributed by atoms with Crippen molar-refractivity contribution in [3.63, 3.8) is 0 Å². The van der Waals surface area contributed by atoms with Gasteiger partial charge in [0.25, 0.3) is 0 Å². The van der Waals surface area contributed by atoms with Gasteiger partial charge in [0.1, 0.15) is 0 Å². The third-order valence-corrected chi connectivity index (χ3v) is 6.89. The first kappa shape index (κ1) is 24.6. The van der Waals surface area contributed by atoms with E-state index in [-0.39, 0.29) is 17.2 Å². The van der Waals surface area contributed by atoms with Crippen LogP contribution < -0.4 is 10.2 Å². The molecule has 32 heavy (non-hydrogen) atoms. The summed E-state index contributed by atoms with van der Waals surface area (Å²) in [6.07, 6.45) is 8.58. The Kier molecular flexibility index (Phi) is 8.61. The first-order chi connectivity index (χ1) is 15.2. The number of benzene rings is 1. The third kappa shape index (κ3) is 7.83. The van der Waals surface area contributed by atoms with Crippen molar-refractivity contribution < 1.29 is 9.59 Å². The number of hydrogen-bond acceptors (Lipinski definition) is 3. The molecule has 1 aliphatic carbocycles. The number of nitrogens with zero attached hydrogens (tertiary/aromatic N) is 2. The van der Waals surface area contributed by atoms with E-state index in [9.17, 15) is 9.59 Å². The van der Waals surface area contributed by atoms with Gasteiger partial charge in [-0.25, -0.2) is 0 Å². The molecule has 1 aromatic rings.